The van der Waals surface area contributed by atoms with Gasteiger partial charge in [-0.15, -0.1) is 0 Å². The summed E-state index contributed by atoms with van der Waals surface area (Å²) >= 11 is 7.35. The molecule has 0 atom stereocenters. The largest absolute Gasteiger partial charge is 0.382 e. The molecule has 1 aromatic heterocycles. The predicted molar refractivity (Wildman–Crippen MR) is 132 cm³/mol. The van der Waals surface area contributed by atoms with Crippen LogP contribution >= 0.6 is 23.4 Å². The van der Waals surface area contributed by atoms with E-state index in [0.29, 0.717) is 47.3 Å². The Bertz CT molecular complexity index is 1160. The lowest BCUT2D eigenvalue weighted by atomic mass is 10.1. The van der Waals surface area contributed by atoms with Crippen molar-refractivity contribution in [3.05, 3.63) is 62.9 Å². The predicted octanol–water partition coefficient (Wildman–Crippen LogP) is 5.08. The van der Waals surface area contributed by atoms with Gasteiger partial charge in [0.25, 0.3) is 5.56 Å². The highest BCUT2D eigenvalue weighted by Gasteiger charge is 2.15. The number of nitrogens with zero attached hydrogens (tertiary/aromatic N) is 2. The Hall–Kier alpha value is -2.35. The van der Waals surface area contributed by atoms with Crippen LogP contribution in [0.3, 0.4) is 0 Å². The topological polar surface area (TPSA) is 73.2 Å². The first-order chi connectivity index (χ1) is 15.4. The number of carbonyl (C=O) groups excluding carboxylic acids is 1. The highest BCUT2D eigenvalue weighted by Crippen LogP contribution is 2.23. The Morgan fingerprint density at radius 3 is 2.81 bits per heavy atom. The smallest absolute Gasteiger partial charge is 0.262 e. The van der Waals surface area contributed by atoms with Crippen LogP contribution in [0.1, 0.15) is 31.4 Å². The third-order valence-electron chi connectivity index (χ3n) is 5.09. The van der Waals surface area contributed by atoms with Crippen molar-refractivity contribution in [2.75, 3.05) is 24.3 Å². The highest BCUT2D eigenvalue weighted by molar-refractivity contribution is 7.99. The number of carbonyl (C=O) groups is 1. The number of hydrogen-bond donors (Lipinski definition) is 1. The number of thioether (sulfide) groups is 1. The average molecular weight is 474 g/mol. The molecular formula is C24H28ClN3O3S. The lowest BCUT2D eigenvalue weighted by Crippen LogP contribution is -2.25. The van der Waals surface area contributed by atoms with Crippen LogP contribution in [0.4, 0.5) is 5.69 Å². The fourth-order valence-corrected chi connectivity index (χ4v) is 4.45. The minimum Gasteiger partial charge on any atom is -0.382 e. The van der Waals surface area contributed by atoms with Crippen LogP contribution in [0.15, 0.2) is 46.3 Å². The number of para-hydroxylation sites is 1. The molecule has 0 unspecified atom stereocenters. The molecule has 3 rings (SSSR count). The van der Waals surface area contributed by atoms with E-state index in [2.05, 4.69) is 17.2 Å². The number of aromatic nitrogens is 2. The zero-order valence-electron chi connectivity index (χ0n) is 18.6. The first kappa shape index (κ1) is 24.3. The van der Waals surface area contributed by atoms with Gasteiger partial charge in [0.2, 0.25) is 5.91 Å². The van der Waals surface area contributed by atoms with Gasteiger partial charge in [-0.05, 0) is 56.0 Å². The SMILES string of the molecule is CCOCCCn1c(SCC(=O)Nc2c(C)cccc2CC)nc2cc(Cl)ccc2c1=O. The molecule has 8 heteroatoms. The number of halogens is 1. The summed E-state index contributed by atoms with van der Waals surface area (Å²) in [6, 6.07) is 11.0. The van der Waals surface area contributed by atoms with Crippen molar-refractivity contribution < 1.29 is 9.53 Å². The summed E-state index contributed by atoms with van der Waals surface area (Å²) < 4.78 is 7.04. The van der Waals surface area contributed by atoms with Gasteiger partial charge in [-0.2, -0.15) is 0 Å². The van der Waals surface area contributed by atoms with Gasteiger partial charge < -0.3 is 10.1 Å². The third-order valence-corrected chi connectivity index (χ3v) is 6.31. The molecule has 6 nitrogen and oxygen atoms in total. The minimum atomic E-state index is -0.141. The molecule has 0 radical (unpaired) electrons. The zero-order chi connectivity index (χ0) is 23.1. The summed E-state index contributed by atoms with van der Waals surface area (Å²) in [5.41, 5.74) is 3.36. The van der Waals surface area contributed by atoms with E-state index >= 15 is 0 Å². The lowest BCUT2D eigenvalue weighted by molar-refractivity contribution is -0.113. The molecule has 3 aromatic rings. The van der Waals surface area contributed by atoms with Crippen molar-refractivity contribution >= 4 is 45.9 Å². The normalized spacial score (nSPS) is 11.1. The van der Waals surface area contributed by atoms with Crippen LogP contribution in [0.5, 0.6) is 0 Å². The zero-order valence-corrected chi connectivity index (χ0v) is 20.2. The van der Waals surface area contributed by atoms with E-state index in [9.17, 15) is 9.59 Å². The van der Waals surface area contributed by atoms with Gasteiger partial charge in [-0.3, -0.25) is 14.2 Å². The minimum absolute atomic E-state index is 0.139. The Balaban J connectivity index is 1.83. The molecule has 0 bridgehead atoms. The summed E-state index contributed by atoms with van der Waals surface area (Å²) in [5, 5.41) is 4.54. The maximum Gasteiger partial charge on any atom is 0.262 e. The molecule has 0 fully saturated rings. The highest BCUT2D eigenvalue weighted by atomic mass is 35.5. The van der Waals surface area contributed by atoms with Gasteiger partial charge in [0.1, 0.15) is 0 Å². The van der Waals surface area contributed by atoms with E-state index in [1.807, 2.05) is 32.0 Å². The monoisotopic (exact) mass is 473 g/mol. The molecule has 170 valence electrons. The molecule has 0 aliphatic carbocycles. The number of anilines is 1. The summed E-state index contributed by atoms with van der Waals surface area (Å²) in [4.78, 5) is 30.5. The van der Waals surface area contributed by atoms with E-state index in [0.717, 1.165) is 23.2 Å². The summed E-state index contributed by atoms with van der Waals surface area (Å²) in [6.45, 7) is 7.62. The molecule has 0 saturated carbocycles. The number of hydrogen-bond acceptors (Lipinski definition) is 5. The van der Waals surface area contributed by atoms with Crippen molar-refractivity contribution in [1.82, 2.24) is 9.55 Å². The van der Waals surface area contributed by atoms with Crippen LogP contribution in [0, 0.1) is 6.92 Å². The number of nitrogens with one attached hydrogen (secondary N) is 1. The Morgan fingerprint density at radius 1 is 1.25 bits per heavy atom. The fraction of sp³-hybridized carbons (Fsp3) is 0.375. The second-order valence-corrected chi connectivity index (χ2v) is 8.74. The molecule has 0 aliphatic rings. The van der Waals surface area contributed by atoms with E-state index in [4.69, 9.17) is 16.3 Å². The van der Waals surface area contributed by atoms with Crippen molar-refractivity contribution in [1.29, 1.82) is 0 Å². The summed E-state index contributed by atoms with van der Waals surface area (Å²) in [7, 11) is 0. The van der Waals surface area contributed by atoms with Gasteiger partial charge >= 0.3 is 0 Å². The molecule has 1 amide bonds. The van der Waals surface area contributed by atoms with Crippen LogP contribution in [0.2, 0.25) is 5.02 Å². The van der Waals surface area contributed by atoms with Crippen LogP contribution in [-0.4, -0.2) is 34.4 Å². The van der Waals surface area contributed by atoms with E-state index < -0.39 is 0 Å². The number of benzene rings is 2. The number of rotatable bonds is 10. The second kappa shape index (κ2) is 11.5. The second-order valence-electron chi connectivity index (χ2n) is 7.36. The number of fused-ring (bicyclic) bond motifs is 1. The Labute approximate surface area is 197 Å². The molecule has 2 aromatic carbocycles. The summed E-state index contributed by atoms with van der Waals surface area (Å²) in [5.74, 6) is 0.00173. The number of amides is 1. The molecule has 1 N–H and O–H groups in total. The van der Waals surface area contributed by atoms with Crippen LogP contribution < -0.4 is 10.9 Å². The van der Waals surface area contributed by atoms with Gasteiger partial charge in [0.15, 0.2) is 5.16 Å². The molecule has 0 aliphatic heterocycles. The quantitative estimate of drug-likeness (QED) is 0.252. The van der Waals surface area contributed by atoms with E-state index in [-0.39, 0.29) is 17.2 Å². The number of ether oxygens (including phenoxy) is 1. The Kier molecular flexibility index (Phi) is 8.73. The summed E-state index contributed by atoms with van der Waals surface area (Å²) in [6.07, 6.45) is 1.51. The standard InChI is InChI=1S/C24H28ClN3O3S/c1-4-17-9-6-8-16(3)22(17)27-21(29)15-32-24-26-20-14-18(25)10-11-19(20)23(30)28(24)12-7-13-31-5-2/h6,8-11,14H,4-5,7,12-13,15H2,1-3H3,(H,27,29). The first-order valence-corrected chi connectivity index (χ1v) is 12.1. The van der Waals surface area contributed by atoms with Gasteiger partial charge in [-0.25, -0.2) is 4.98 Å². The number of aryl methyl sites for hydroxylation is 2. The third kappa shape index (κ3) is 5.91. The molecule has 32 heavy (non-hydrogen) atoms. The van der Waals surface area contributed by atoms with E-state index in [1.165, 1.54) is 11.8 Å². The van der Waals surface area contributed by atoms with Gasteiger partial charge in [0, 0.05) is 30.5 Å². The van der Waals surface area contributed by atoms with Gasteiger partial charge in [-0.1, -0.05) is 48.5 Å². The van der Waals surface area contributed by atoms with E-state index in [1.54, 1.807) is 22.8 Å². The maximum atomic E-state index is 13.1. The van der Waals surface area contributed by atoms with Crippen molar-refractivity contribution in [2.24, 2.45) is 0 Å². The van der Waals surface area contributed by atoms with Crippen LogP contribution in [-0.2, 0) is 22.5 Å². The maximum absolute atomic E-state index is 13.1. The van der Waals surface area contributed by atoms with Gasteiger partial charge in [0.05, 0.1) is 16.7 Å². The van der Waals surface area contributed by atoms with Crippen molar-refractivity contribution in [3.63, 3.8) is 0 Å². The van der Waals surface area contributed by atoms with Crippen LogP contribution in [0.25, 0.3) is 10.9 Å². The Morgan fingerprint density at radius 2 is 2.06 bits per heavy atom. The lowest BCUT2D eigenvalue weighted by Gasteiger charge is -2.15. The average Bonchev–Trinajstić information content (AvgIpc) is 2.77. The molecule has 0 saturated heterocycles. The van der Waals surface area contributed by atoms with Crippen molar-refractivity contribution in [3.8, 4) is 0 Å². The van der Waals surface area contributed by atoms with Crippen molar-refractivity contribution in [2.45, 2.75) is 45.3 Å². The fourth-order valence-electron chi connectivity index (χ4n) is 3.46. The molecule has 1 heterocycles. The molecular weight excluding hydrogens is 446 g/mol. The molecule has 0 spiro atoms. The first-order valence-electron chi connectivity index (χ1n) is 10.7.